The van der Waals surface area contributed by atoms with Crippen LogP contribution in [-0.4, -0.2) is 95.1 Å². The molecule has 0 saturated carbocycles. The van der Waals surface area contributed by atoms with Crippen LogP contribution in [0, 0.1) is 0 Å². The van der Waals surface area contributed by atoms with Gasteiger partial charge in [0.25, 0.3) is 0 Å². The molecule has 3 aromatic carbocycles. The van der Waals surface area contributed by atoms with Gasteiger partial charge in [0.05, 0.1) is 52.2 Å². The summed E-state index contributed by atoms with van der Waals surface area (Å²) in [6, 6.07) is 20.7. The van der Waals surface area contributed by atoms with Gasteiger partial charge in [-0.25, -0.2) is 0 Å². The number of carbonyl (C=O) groups is 1. The lowest BCUT2D eigenvalue weighted by molar-refractivity contribution is -0.139. The molecule has 0 radical (unpaired) electrons. The maximum absolute atomic E-state index is 13.2. The van der Waals surface area contributed by atoms with Crippen LogP contribution in [0.1, 0.15) is 17.2 Å². The molecular formula is C31H41ClN4O4. The third-order valence-electron chi connectivity index (χ3n) is 7.01. The Hall–Kier alpha value is -2.72. The molecule has 40 heavy (non-hydrogen) atoms. The first kappa shape index (κ1) is 30.2. The van der Waals surface area contributed by atoms with E-state index < -0.39 is 0 Å². The number of hydrogen-bond donors (Lipinski definition) is 2. The number of ether oxygens (including phenoxy) is 3. The fourth-order valence-corrected chi connectivity index (χ4v) is 5.16. The van der Waals surface area contributed by atoms with E-state index in [1.54, 1.807) is 0 Å². The highest BCUT2D eigenvalue weighted by molar-refractivity contribution is 6.30. The molecule has 216 valence electrons. The highest BCUT2D eigenvalue weighted by Gasteiger charge is 2.32. The van der Waals surface area contributed by atoms with Gasteiger partial charge in [0.15, 0.2) is 0 Å². The summed E-state index contributed by atoms with van der Waals surface area (Å²) in [6.07, 6.45) is 0.722. The molecule has 1 aliphatic rings. The molecule has 1 heterocycles. The Morgan fingerprint density at radius 1 is 0.925 bits per heavy atom. The van der Waals surface area contributed by atoms with Crippen molar-refractivity contribution in [1.82, 2.24) is 9.80 Å². The van der Waals surface area contributed by atoms with Crippen molar-refractivity contribution in [3.05, 3.63) is 76.8 Å². The molecule has 1 unspecified atom stereocenters. The smallest absolute Gasteiger partial charge is 0.237 e. The molecule has 9 heteroatoms. The largest absolute Gasteiger partial charge is 0.382 e. The third-order valence-corrected chi connectivity index (χ3v) is 7.24. The van der Waals surface area contributed by atoms with Crippen LogP contribution in [0.2, 0.25) is 5.02 Å². The Morgan fingerprint density at radius 2 is 1.65 bits per heavy atom. The molecule has 0 aromatic heterocycles. The number of anilines is 1. The van der Waals surface area contributed by atoms with Gasteiger partial charge in [-0.15, -0.1) is 0 Å². The van der Waals surface area contributed by atoms with Crippen LogP contribution in [0.5, 0.6) is 0 Å². The van der Waals surface area contributed by atoms with E-state index >= 15 is 0 Å². The van der Waals surface area contributed by atoms with Crippen LogP contribution in [0.15, 0.2) is 60.7 Å². The van der Waals surface area contributed by atoms with Crippen LogP contribution in [0.4, 0.5) is 5.69 Å². The number of nitrogens with zero attached hydrogens (tertiary/aromatic N) is 2. The molecule has 8 nitrogen and oxygen atoms in total. The molecule has 1 amide bonds. The van der Waals surface area contributed by atoms with E-state index in [0.717, 1.165) is 29.8 Å². The van der Waals surface area contributed by atoms with E-state index in [4.69, 9.17) is 31.5 Å². The number of rotatable bonds is 16. The molecule has 0 bridgehead atoms. The Bertz CT molecular complexity index is 1230. The number of likely N-dealkylation sites (N-methyl/N-ethyl adjacent to an activating group) is 1. The highest BCUT2D eigenvalue weighted by atomic mass is 35.5. The number of amides is 1. The number of fused-ring (bicyclic) bond motifs is 1. The lowest BCUT2D eigenvalue weighted by Crippen LogP contribution is -2.51. The van der Waals surface area contributed by atoms with Gasteiger partial charge in [-0.05, 0) is 53.6 Å². The van der Waals surface area contributed by atoms with Crippen molar-refractivity contribution in [2.45, 2.75) is 12.5 Å². The Kier molecular flexibility index (Phi) is 12.0. The van der Waals surface area contributed by atoms with Crippen LogP contribution in [-0.2, 0) is 25.4 Å². The minimum atomic E-state index is 0.00223. The highest BCUT2D eigenvalue weighted by Crippen LogP contribution is 2.29. The predicted octanol–water partition coefficient (Wildman–Crippen LogP) is 3.97. The summed E-state index contributed by atoms with van der Waals surface area (Å²) < 4.78 is 16.4. The summed E-state index contributed by atoms with van der Waals surface area (Å²) >= 11 is 6.32. The van der Waals surface area contributed by atoms with Crippen molar-refractivity contribution in [2.24, 2.45) is 5.73 Å². The number of hydrogen-bond acceptors (Lipinski definition) is 7. The molecule has 3 N–H and O–H groups in total. The zero-order valence-electron chi connectivity index (χ0n) is 23.3. The number of halogens is 1. The Morgan fingerprint density at radius 3 is 2.42 bits per heavy atom. The summed E-state index contributed by atoms with van der Waals surface area (Å²) in [5, 5.41) is 6.52. The zero-order valence-corrected chi connectivity index (χ0v) is 24.1. The summed E-state index contributed by atoms with van der Waals surface area (Å²) in [4.78, 5) is 17.3. The average Bonchev–Trinajstić information content (AvgIpc) is 2.95. The van der Waals surface area contributed by atoms with Crippen molar-refractivity contribution in [3.8, 4) is 0 Å². The molecule has 1 aliphatic heterocycles. The second kappa shape index (κ2) is 15.9. The quantitative estimate of drug-likeness (QED) is 0.253. The van der Waals surface area contributed by atoms with Crippen molar-refractivity contribution in [3.63, 3.8) is 0 Å². The average molecular weight is 569 g/mol. The van der Waals surface area contributed by atoms with Gasteiger partial charge in [0, 0.05) is 36.9 Å². The number of benzene rings is 3. The van der Waals surface area contributed by atoms with E-state index in [1.807, 2.05) is 36.2 Å². The van der Waals surface area contributed by atoms with E-state index in [1.165, 1.54) is 10.8 Å². The number of piperazine rings is 1. The molecular weight excluding hydrogens is 528 g/mol. The standard InChI is InChI=1S/C31H41ClN4O4/c1-35-22-30(27-7-6-24-4-2-3-5-26(24)20-27)36(31(37)23-35)13-10-25-8-9-28(32)21-29(25)34-12-15-39-17-19-40-18-16-38-14-11-33/h2-9,20-21,30,34H,10-19,22-23,33H2,1H3. The van der Waals surface area contributed by atoms with Gasteiger partial charge in [0.2, 0.25) is 5.91 Å². The van der Waals surface area contributed by atoms with E-state index in [-0.39, 0.29) is 11.9 Å². The summed E-state index contributed by atoms with van der Waals surface area (Å²) in [6.45, 7) is 6.22. The zero-order chi connectivity index (χ0) is 28.2. The maximum atomic E-state index is 13.2. The second-order valence-electron chi connectivity index (χ2n) is 10.0. The first-order valence-electron chi connectivity index (χ1n) is 14.0. The lowest BCUT2D eigenvalue weighted by Gasteiger charge is -2.40. The van der Waals surface area contributed by atoms with Gasteiger partial charge >= 0.3 is 0 Å². The molecule has 1 saturated heterocycles. The van der Waals surface area contributed by atoms with Crippen LogP contribution >= 0.6 is 11.6 Å². The molecule has 1 atom stereocenters. The van der Waals surface area contributed by atoms with E-state index in [9.17, 15) is 4.79 Å². The van der Waals surface area contributed by atoms with E-state index in [0.29, 0.717) is 70.8 Å². The number of nitrogens with one attached hydrogen (secondary N) is 1. The summed E-state index contributed by atoms with van der Waals surface area (Å²) in [5.41, 5.74) is 8.63. The van der Waals surface area contributed by atoms with Crippen molar-refractivity contribution in [2.75, 3.05) is 84.7 Å². The van der Waals surface area contributed by atoms with Gasteiger partial charge in [-0.2, -0.15) is 0 Å². The normalized spacial score (nSPS) is 16.1. The van der Waals surface area contributed by atoms with Gasteiger partial charge in [-0.3, -0.25) is 9.69 Å². The molecule has 0 aliphatic carbocycles. The topological polar surface area (TPSA) is 89.3 Å². The summed E-state index contributed by atoms with van der Waals surface area (Å²) in [7, 11) is 2.01. The molecule has 1 fully saturated rings. The SMILES string of the molecule is CN1CC(=O)N(CCc2ccc(Cl)cc2NCCOCCOCCOCCN)C(c2ccc3ccccc3c2)C1. The maximum Gasteiger partial charge on any atom is 0.237 e. The van der Waals surface area contributed by atoms with Gasteiger partial charge in [-0.1, -0.05) is 54.1 Å². The van der Waals surface area contributed by atoms with Crippen molar-refractivity contribution >= 4 is 34.0 Å². The first-order valence-corrected chi connectivity index (χ1v) is 14.4. The molecule has 3 aromatic rings. The Balaban J connectivity index is 1.31. The number of nitrogens with two attached hydrogens (primary N) is 1. The Labute approximate surface area is 242 Å². The third kappa shape index (κ3) is 8.89. The van der Waals surface area contributed by atoms with Crippen molar-refractivity contribution in [1.29, 1.82) is 0 Å². The predicted molar refractivity (Wildman–Crippen MR) is 161 cm³/mol. The minimum absolute atomic E-state index is 0.00223. The lowest BCUT2D eigenvalue weighted by atomic mass is 9.98. The second-order valence-corrected chi connectivity index (χ2v) is 10.4. The number of carbonyl (C=O) groups excluding carboxylic acids is 1. The van der Waals surface area contributed by atoms with Gasteiger partial charge < -0.3 is 30.2 Å². The molecule has 0 spiro atoms. The molecule has 4 rings (SSSR count). The first-order chi connectivity index (χ1) is 19.5. The fraction of sp³-hybridized carbons (Fsp3) is 0.452. The van der Waals surface area contributed by atoms with Gasteiger partial charge in [0.1, 0.15) is 0 Å². The minimum Gasteiger partial charge on any atom is -0.382 e. The van der Waals surface area contributed by atoms with Crippen LogP contribution in [0.25, 0.3) is 10.8 Å². The van der Waals surface area contributed by atoms with Crippen LogP contribution < -0.4 is 11.1 Å². The van der Waals surface area contributed by atoms with Crippen LogP contribution in [0.3, 0.4) is 0 Å². The monoisotopic (exact) mass is 568 g/mol. The summed E-state index contributed by atoms with van der Waals surface area (Å²) in [5.74, 6) is 0.150. The fourth-order valence-electron chi connectivity index (χ4n) is 4.99. The van der Waals surface area contributed by atoms with Crippen molar-refractivity contribution < 1.29 is 19.0 Å². The van der Waals surface area contributed by atoms with E-state index in [2.05, 4.69) is 46.6 Å².